The van der Waals surface area contributed by atoms with Gasteiger partial charge < -0.3 is 15.0 Å². The van der Waals surface area contributed by atoms with Crippen LogP contribution in [-0.2, 0) is 25.5 Å². The van der Waals surface area contributed by atoms with Gasteiger partial charge in [0.05, 0.1) is 12.9 Å². The molecule has 0 saturated heterocycles. The first-order valence-corrected chi connectivity index (χ1v) is 10.4. The van der Waals surface area contributed by atoms with Crippen molar-refractivity contribution in [3.8, 4) is 5.75 Å². The van der Waals surface area contributed by atoms with E-state index in [2.05, 4.69) is 5.32 Å². The molecule has 0 fully saturated rings. The third kappa shape index (κ3) is 6.23. The molecule has 0 aliphatic heterocycles. The molecule has 27 heavy (non-hydrogen) atoms. The summed E-state index contributed by atoms with van der Waals surface area (Å²) >= 11 is 0. The van der Waals surface area contributed by atoms with Crippen LogP contribution in [0.5, 0.6) is 5.75 Å². The first kappa shape index (κ1) is 21.2. The average Bonchev–Trinajstić information content (AvgIpc) is 2.54. The van der Waals surface area contributed by atoms with E-state index in [0.29, 0.717) is 17.9 Å². The Morgan fingerprint density at radius 1 is 1.30 bits per heavy atom. The lowest BCUT2D eigenvalue weighted by Crippen LogP contribution is -2.18. The first-order chi connectivity index (χ1) is 12.6. The number of hydrogen-bond donors (Lipinski definition) is 2. The Bertz CT molecular complexity index is 929. The van der Waals surface area contributed by atoms with Gasteiger partial charge >= 0.3 is 7.12 Å². The van der Waals surface area contributed by atoms with Crippen LogP contribution in [-0.4, -0.2) is 39.3 Å². The molecule has 1 amide bonds. The maximum atomic E-state index is 11.7. The molecule has 146 valence electrons. The molecule has 2 aromatic carbocycles. The number of nitrogens with one attached hydrogen (secondary N) is 1. The van der Waals surface area contributed by atoms with Crippen molar-refractivity contribution in [3.05, 3.63) is 35.9 Å². The minimum atomic E-state index is -3.52. The van der Waals surface area contributed by atoms with Gasteiger partial charge in [0.1, 0.15) is 5.75 Å². The van der Waals surface area contributed by atoms with E-state index in [9.17, 15) is 18.2 Å². The van der Waals surface area contributed by atoms with Crippen molar-refractivity contribution >= 4 is 39.6 Å². The van der Waals surface area contributed by atoms with Crippen LogP contribution in [0.4, 0.5) is 5.69 Å². The summed E-state index contributed by atoms with van der Waals surface area (Å²) in [7, 11) is -4.53. The Balaban J connectivity index is 2.50. The molecule has 0 spiro atoms. The van der Waals surface area contributed by atoms with E-state index in [4.69, 9.17) is 8.84 Å². The van der Waals surface area contributed by atoms with Gasteiger partial charge in [-0.05, 0) is 30.1 Å². The Morgan fingerprint density at radius 2 is 1.93 bits per heavy atom. The van der Waals surface area contributed by atoms with Crippen LogP contribution in [0, 0.1) is 5.92 Å². The standard InChI is InChI=1S/C18H24BNO6S/c1-12(11-25-27(4,23)24)9-16-14-7-5-6-8-15(14)18(26-19(3)22)10-17(16)20-13(2)21/h5-8,10,12,22H,9,11H2,1-4H3,(H,20,21). The van der Waals surface area contributed by atoms with Crippen molar-refractivity contribution in [1.29, 1.82) is 0 Å². The van der Waals surface area contributed by atoms with E-state index in [1.165, 1.54) is 13.7 Å². The molecule has 7 nitrogen and oxygen atoms in total. The van der Waals surface area contributed by atoms with Gasteiger partial charge in [0.25, 0.3) is 10.1 Å². The van der Waals surface area contributed by atoms with Crippen LogP contribution in [0.15, 0.2) is 30.3 Å². The fourth-order valence-electron chi connectivity index (χ4n) is 2.85. The fraction of sp³-hybridized carbons (Fsp3) is 0.389. The SMILES string of the molecule is CB(O)Oc1cc(NC(C)=O)c(CC(C)COS(C)(=O)=O)c2ccccc12. The van der Waals surface area contributed by atoms with Crippen LogP contribution in [0.2, 0.25) is 6.82 Å². The Labute approximate surface area is 159 Å². The van der Waals surface area contributed by atoms with Crippen LogP contribution in [0.3, 0.4) is 0 Å². The van der Waals surface area contributed by atoms with Crippen molar-refractivity contribution < 1.29 is 27.1 Å². The zero-order chi connectivity index (χ0) is 20.2. The molecule has 1 atom stereocenters. The predicted molar refractivity (Wildman–Crippen MR) is 106 cm³/mol. The Kier molecular flexibility index (Phi) is 6.86. The summed E-state index contributed by atoms with van der Waals surface area (Å²) in [6.07, 6.45) is 1.50. The summed E-state index contributed by atoms with van der Waals surface area (Å²) in [5.74, 6) is 0.0990. The van der Waals surface area contributed by atoms with Crippen LogP contribution in [0.25, 0.3) is 10.8 Å². The summed E-state index contributed by atoms with van der Waals surface area (Å²) in [6, 6.07) is 9.17. The topological polar surface area (TPSA) is 102 Å². The quantitative estimate of drug-likeness (QED) is 0.528. The number of hydrogen-bond acceptors (Lipinski definition) is 6. The minimum absolute atomic E-state index is 0.0403. The number of amides is 1. The van der Waals surface area contributed by atoms with Gasteiger partial charge in [-0.25, -0.2) is 0 Å². The lowest BCUT2D eigenvalue weighted by molar-refractivity contribution is -0.114. The summed E-state index contributed by atoms with van der Waals surface area (Å²) in [5, 5.41) is 14.1. The molecular formula is C18H24BNO6S. The largest absolute Gasteiger partial charge is 0.536 e. The molecule has 0 saturated carbocycles. The van der Waals surface area contributed by atoms with E-state index < -0.39 is 17.2 Å². The molecule has 2 rings (SSSR count). The molecule has 0 radical (unpaired) electrons. The van der Waals surface area contributed by atoms with Gasteiger partial charge in [-0.15, -0.1) is 0 Å². The molecule has 0 aromatic heterocycles. The average molecular weight is 393 g/mol. The van der Waals surface area contributed by atoms with Crippen LogP contribution >= 0.6 is 0 Å². The lowest BCUT2D eigenvalue weighted by Gasteiger charge is -2.20. The Hall–Kier alpha value is -2.10. The third-order valence-electron chi connectivity index (χ3n) is 3.85. The van der Waals surface area contributed by atoms with Gasteiger partial charge in [0.2, 0.25) is 5.91 Å². The van der Waals surface area contributed by atoms with Crippen molar-refractivity contribution in [2.45, 2.75) is 27.1 Å². The maximum absolute atomic E-state index is 11.7. The summed E-state index contributed by atoms with van der Waals surface area (Å²) < 4.78 is 32.9. The van der Waals surface area contributed by atoms with E-state index in [-0.39, 0.29) is 18.4 Å². The number of carbonyl (C=O) groups is 1. The van der Waals surface area contributed by atoms with Crippen molar-refractivity contribution in [3.63, 3.8) is 0 Å². The van der Waals surface area contributed by atoms with Crippen LogP contribution < -0.4 is 9.97 Å². The van der Waals surface area contributed by atoms with E-state index in [1.807, 2.05) is 31.2 Å². The molecule has 9 heteroatoms. The molecule has 2 aromatic rings. The second-order valence-electron chi connectivity index (χ2n) is 6.64. The van der Waals surface area contributed by atoms with E-state index in [0.717, 1.165) is 22.6 Å². The minimum Gasteiger partial charge on any atom is -0.536 e. The fourth-order valence-corrected chi connectivity index (χ4v) is 3.33. The van der Waals surface area contributed by atoms with Crippen molar-refractivity contribution in [1.82, 2.24) is 0 Å². The normalized spacial score (nSPS) is 12.6. The molecule has 0 aliphatic rings. The molecule has 0 aliphatic carbocycles. The zero-order valence-corrected chi connectivity index (χ0v) is 16.7. The highest BCUT2D eigenvalue weighted by Crippen LogP contribution is 2.36. The van der Waals surface area contributed by atoms with Gasteiger partial charge in [-0.1, -0.05) is 31.2 Å². The molecule has 1 unspecified atom stereocenters. The first-order valence-electron chi connectivity index (χ1n) is 8.58. The van der Waals surface area contributed by atoms with Crippen LogP contribution in [0.1, 0.15) is 19.4 Å². The molecule has 2 N–H and O–H groups in total. The van der Waals surface area contributed by atoms with Crippen molar-refractivity contribution in [2.24, 2.45) is 5.92 Å². The second-order valence-corrected chi connectivity index (χ2v) is 8.29. The van der Waals surface area contributed by atoms with E-state index >= 15 is 0 Å². The number of fused-ring (bicyclic) bond motifs is 1. The van der Waals surface area contributed by atoms with Gasteiger partial charge in [-0.2, -0.15) is 8.42 Å². The summed E-state index contributed by atoms with van der Waals surface area (Å²) in [5.41, 5.74) is 1.41. The number of rotatable bonds is 8. The van der Waals surface area contributed by atoms with Gasteiger partial charge in [-0.3, -0.25) is 8.98 Å². The number of carbonyl (C=O) groups excluding carboxylic acids is 1. The summed E-state index contributed by atoms with van der Waals surface area (Å²) in [6.45, 7) is 4.83. The maximum Gasteiger partial charge on any atom is 0.519 e. The van der Waals surface area contributed by atoms with Gasteiger partial charge in [0, 0.05) is 24.1 Å². The second kappa shape index (κ2) is 8.73. The van der Waals surface area contributed by atoms with Gasteiger partial charge in [0.15, 0.2) is 0 Å². The molecule has 0 heterocycles. The lowest BCUT2D eigenvalue weighted by atomic mass is 9.92. The Morgan fingerprint density at radius 3 is 2.48 bits per heavy atom. The summed E-state index contributed by atoms with van der Waals surface area (Å²) in [4.78, 5) is 11.7. The highest BCUT2D eigenvalue weighted by Gasteiger charge is 2.19. The number of benzene rings is 2. The zero-order valence-electron chi connectivity index (χ0n) is 15.9. The highest BCUT2D eigenvalue weighted by atomic mass is 32.2. The predicted octanol–water partition coefficient (Wildman–Crippen LogP) is 2.44. The smallest absolute Gasteiger partial charge is 0.519 e. The van der Waals surface area contributed by atoms with E-state index in [1.54, 1.807) is 6.07 Å². The highest BCUT2D eigenvalue weighted by molar-refractivity contribution is 7.85. The molecular weight excluding hydrogens is 369 g/mol. The number of anilines is 1. The monoisotopic (exact) mass is 393 g/mol. The van der Waals surface area contributed by atoms with Crippen molar-refractivity contribution in [2.75, 3.05) is 18.2 Å². The third-order valence-corrected chi connectivity index (χ3v) is 4.41. The molecule has 0 bridgehead atoms.